The third-order valence-electron chi connectivity index (χ3n) is 4.91. The van der Waals surface area contributed by atoms with Gasteiger partial charge in [-0.2, -0.15) is 0 Å². The number of amides is 2. The molecule has 0 unspecified atom stereocenters. The summed E-state index contributed by atoms with van der Waals surface area (Å²) in [5.74, 6) is 1.10. The second-order valence-corrected chi connectivity index (χ2v) is 7.01. The van der Waals surface area contributed by atoms with Gasteiger partial charge in [0.15, 0.2) is 0 Å². The van der Waals surface area contributed by atoms with E-state index in [0.717, 1.165) is 22.4 Å². The lowest BCUT2D eigenvalue weighted by atomic mass is 10.0. The maximum absolute atomic E-state index is 12.4. The van der Waals surface area contributed by atoms with Crippen LogP contribution in [0.2, 0.25) is 0 Å². The second-order valence-electron chi connectivity index (χ2n) is 7.01. The first-order valence-electron chi connectivity index (χ1n) is 9.98. The first kappa shape index (κ1) is 21.9. The number of hydrogen-bond acceptors (Lipinski definition) is 4. The Bertz CT molecular complexity index is 1060. The van der Waals surface area contributed by atoms with Gasteiger partial charge in [0.1, 0.15) is 11.5 Å². The summed E-state index contributed by atoms with van der Waals surface area (Å²) in [6.07, 6.45) is 0.168. The number of anilines is 1. The molecule has 0 fully saturated rings. The summed E-state index contributed by atoms with van der Waals surface area (Å²) in [5.41, 5.74) is 3.97. The van der Waals surface area contributed by atoms with Crippen molar-refractivity contribution in [3.63, 3.8) is 0 Å². The molecule has 0 aromatic heterocycles. The smallest absolute Gasteiger partial charge is 0.251 e. The molecular formula is C25H26N2O4. The van der Waals surface area contributed by atoms with Gasteiger partial charge in [-0.25, -0.2) is 0 Å². The van der Waals surface area contributed by atoms with Gasteiger partial charge in [0.05, 0.1) is 14.2 Å². The molecule has 2 amide bonds. The first-order chi connectivity index (χ1) is 15.0. The number of aryl methyl sites for hydroxylation is 1. The van der Waals surface area contributed by atoms with Crippen molar-refractivity contribution in [2.45, 2.75) is 13.3 Å². The largest absolute Gasteiger partial charge is 0.497 e. The van der Waals surface area contributed by atoms with Gasteiger partial charge >= 0.3 is 0 Å². The number of methoxy groups -OCH3 is 2. The van der Waals surface area contributed by atoms with Crippen LogP contribution in [-0.2, 0) is 4.79 Å². The number of nitrogens with one attached hydrogen (secondary N) is 2. The summed E-state index contributed by atoms with van der Waals surface area (Å²) in [6, 6.07) is 20.4. The highest BCUT2D eigenvalue weighted by molar-refractivity contribution is 5.96. The van der Waals surface area contributed by atoms with Crippen LogP contribution >= 0.6 is 0 Å². The van der Waals surface area contributed by atoms with Gasteiger partial charge < -0.3 is 20.1 Å². The Morgan fingerprint density at radius 2 is 1.65 bits per heavy atom. The highest BCUT2D eigenvalue weighted by Gasteiger charge is 2.11. The molecule has 0 saturated heterocycles. The number of carbonyl (C=O) groups is 2. The van der Waals surface area contributed by atoms with Gasteiger partial charge in [-0.05, 0) is 54.4 Å². The first-order valence-corrected chi connectivity index (χ1v) is 9.98. The van der Waals surface area contributed by atoms with Crippen molar-refractivity contribution in [3.05, 3.63) is 77.9 Å². The summed E-state index contributed by atoms with van der Waals surface area (Å²) in [7, 11) is 3.23. The molecule has 0 saturated carbocycles. The monoisotopic (exact) mass is 418 g/mol. The number of benzene rings is 3. The molecule has 3 aromatic carbocycles. The Kier molecular flexibility index (Phi) is 7.27. The molecule has 0 aliphatic carbocycles. The highest BCUT2D eigenvalue weighted by Crippen LogP contribution is 2.33. The highest BCUT2D eigenvalue weighted by atomic mass is 16.5. The molecule has 0 atom stereocenters. The predicted octanol–water partition coefficient (Wildman–Crippen LogP) is 4.44. The average Bonchev–Trinajstić information content (AvgIpc) is 2.79. The molecule has 0 aliphatic heterocycles. The summed E-state index contributed by atoms with van der Waals surface area (Å²) in [5, 5.41) is 5.67. The van der Waals surface area contributed by atoms with Gasteiger partial charge in [0.25, 0.3) is 5.91 Å². The molecule has 0 aliphatic rings. The number of carbonyl (C=O) groups excluding carboxylic acids is 2. The summed E-state index contributed by atoms with van der Waals surface area (Å²) in [6.45, 7) is 2.13. The zero-order chi connectivity index (χ0) is 22.2. The van der Waals surface area contributed by atoms with Gasteiger partial charge in [0.2, 0.25) is 5.91 Å². The van der Waals surface area contributed by atoms with E-state index in [4.69, 9.17) is 9.47 Å². The van der Waals surface area contributed by atoms with E-state index in [2.05, 4.69) is 10.6 Å². The fourth-order valence-corrected chi connectivity index (χ4v) is 3.22. The Balaban J connectivity index is 1.62. The van der Waals surface area contributed by atoms with E-state index in [1.165, 1.54) is 0 Å². The summed E-state index contributed by atoms with van der Waals surface area (Å²) >= 11 is 0. The molecule has 0 heterocycles. The van der Waals surface area contributed by atoms with Crippen LogP contribution in [0.5, 0.6) is 11.5 Å². The summed E-state index contributed by atoms with van der Waals surface area (Å²) in [4.78, 5) is 24.6. The third kappa shape index (κ3) is 5.63. The third-order valence-corrected chi connectivity index (χ3v) is 4.91. The minimum Gasteiger partial charge on any atom is -0.497 e. The molecule has 0 radical (unpaired) electrons. The van der Waals surface area contributed by atoms with Crippen molar-refractivity contribution >= 4 is 17.5 Å². The predicted molar refractivity (Wildman–Crippen MR) is 122 cm³/mol. The average molecular weight is 418 g/mol. The molecule has 6 heteroatoms. The van der Waals surface area contributed by atoms with Crippen molar-refractivity contribution in [1.82, 2.24) is 5.32 Å². The SMILES string of the molecule is COc1ccc(-c2cc(NC(=O)CCNC(=O)c3ccccc3C)ccc2OC)cc1. The minimum atomic E-state index is -0.184. The van der Waals surface area contributed by atoms with Crippen LogP contribution in [-0.4, -0.2) is 32.6 Å². The molecule has 2 N–H and O–H groups in total. The molecule has 31 heavy (non-hydrogen) atoms. The fourth-order valence-electron chi connectivity index (χ4n) is 3.22. The fraction of sp³-hybridized carbons (Fsp3) is 0.200. The van der Waals surface area contributed by atoms with Gasteiger partial charge in [-0.15, -0.1) is 0 Å². The molecular weight excluding hydrogens is 392 g/mol. The van der Waals surface area contributed by atoms with Gasteiger partial charge in [-0.3, -0.25) is 9.59 Å². The lowest BCUT2D eigenvalue weighted by molar-refractivity contribution is -0.116. The van der Waals surface area contributed by atoms with E-state index in [0.29, 0.717) is 17.0 Å². The Morgan fingerprint density at radius 3 is 2.32 bits per heavy atom. The topological polar surface area (TPSA) is 76.7 Å². The van der Waals surface area contributed by atoms with Gasteiger partial charge in [0, 0.05) is 29.8 Å². The molecule has 6 nitrogen and oxygen atoms in total. The van der Waals surface area contributed by atoms with Crippen molar-refractivity contribution in [2.24, 2.45) is 0 Å². The van der Waals surface area contributed by atoms with Crippen LogP contribution in [0.15, 0.2) is 66.7 Å². The van der Waals surface area contributed by atoms with Crippen molar-refractivity contribution in [1.29, 1.82) is 0 Å². The maximum atomic E-state index is 12.4. The van der Waals surface area contributed by atoms with E-state index in [1.54, 1.807) is 26.4 Å². The quantitative estimate of drug-likeness (QED) is 0.567. The normalized spacial score (nSPS) is 10.3. The zero-order valence-corrected chi connectivity index (χ0v) is 17.9. The summed E-state index contributed by atoms with van der Waals surface area (Å²) < 4.78 is 10.7. The van der Waals surface area contributed by atoms with Crippen LogP contribution in [0.3, 0.4) is 0 Å². The molecule has 3 rings (SSSR count). The van der Waals surface area contributed by atoms with E-state index >= 15 is 0 Å². The standard InChI is InChI=1S/C25H26N2O4/c1-17-6-4-5-7-21(17)25(29)26-15-14-24(28)27-19-10-13-23(31-3)22(16-19)18-8-11-20(30-2)12-9-18/h4-13,16H,14-15H2,1-3H3,(H,26,29)(H,27,28). The van der Waals surface area contributed by atoms with Crippen molar-refractivity contribution in [2.75, 3.05) is 26.1 Å². The van der Waals surface area contributed by atoms with Crippen LogP contribution in [0.25, 0.3) is 11.1 Å². The maximum Gasteiger partial charge on any atom is 0.251 e. The Hall–Kier alpha value is -3.80. The van der Waals surface area contributed by atoms with Crippen LogP contribution < -0.4 is 20.1 Å². The number of ether oxygens (including phenoxy) is 2. The Morgan fingerprint density at radius 1 is 0.903 bits per heavy atom. The Labute approximate surface area is 182 Å². The molecule has 3 aromatic rings. The minimum absolute atomic E-state index is 0.168. The van der Waals surface area contributed by atoms with Crippen LogP contribution in [0.4, 0.5) is 5.69 Å². The molecule has 0 bridgehead atoms. The second kappa shape index (κ2) is 10.3. The molecule has 0 spiro atoms. The van der Waals surface area contributed by atoms with Crippen LogP contribution in [0, 0.1) is 6.92 Å². The van der Waals surface area contributed by atoms with E-state index < -0.39 is 0 Å². The lowest BCUT2D eigenvalue weighted by Crippen LogP contribution is -2.28. The van der Waals surface area contributed by atoms with Crippen molar-refractivity contribution < 1.29 is 19.1 Å². The van der Waals surface area contributed by atoms with E-state index in [-0.39, 0.29) is 24.8 Å². The van der Waals surface area contributed by atoms with Crippen molar-refractivity contribution in [3.8, 4) is 22.6 Å². The zero-order valence-electron chi connectivity index (χ0n) is 17.9. The van der Waals surface area contributed by atoms with E-state index in [1.807, 2.05) is 61.5 Å². The lowest BCUT2D eigenvalue weighted by Gasteiger charge is -2.13. The molecule has 160 valence electrons. The van der Waals surface area contributed by atoms with Gasteiger partial charge in [-0.1, -0.05) is 30.3 Å². The number of rotatable bonds is 8. The van der Waals surface area contributed by atoms with Crippen LogP contribution in [0.1, 0.15) is 22.3 Å². The van der Waals surface area contributed by atoms with E-state index in [9.17, 15) is 9.59 Å². The number of hydrogen-bond donors (Lipinski definition) is 2.